The SMILES string of the molecule is O=[N+]([O-])c1ccc2c(c1)Oc1ccc(C3OCCO3)cc1O2. The van der Waals surface area contributed by atoms with Crippen molar-refractivity contribution in [2.75, 3.05) is 13.2 Å². The number of hydrogen-bond acceptors (Lipinski definition) is 6. The van der Waals surface area contributed by atoms with Crippen molar-refractivity contribution in [2.24, 2.45) is 0 Å². The molecule has 2 aliphatic rings. The van der Waals surface area contributed by atoms with Crippen LogP contribution in [0.3, 0.4) is 0 Å². The van der Waals surface area contributed by atoms with Crippen molar-refractivity contribution in [3.8, 4) is 23.0 Å². The molecule has 0 amide bonds. The van der Waals surface area contributed by atoms with Crippen LogP contribution in [0.2, 0.25) is 0 Å². The van der Waals surface area contributed by atoms with Gasteiger partial charge in [0.25, 0.3) is 5.69 Å². The maximum absolute atomic E-state index is 10.8. The lowest BCUT2D eigenvalue weighted by Gasteiger charge is -2.21. The largest absolute Gasteiger partial charge is 0.449 e. The van der Waals surface area contributed by atoms with Crippen LogP contribution in [-0.4, -0.2) is 18.1 Å². The van der Waals surface area contributed by atoms with Gasteiger partial charge in [-0.2, -0.15) is 0 Å². The smallest absolute Gasteiger partial charge is 0.273 e. The first-order valence-corrected chi connectivity index (χ1v) is 6.72. The van der Waals surface area contributed by atoms with E-state index in [4.69, 9.17) is 18.9 Å². The molecule has 0 N–H and O–H groups in total. The lowest BCUT2D eigenvalue weighted by molar-refractivity contribution is -0.384. The average molecular weight is 301 g/mol. The van der Waals surface area contributed by atoms with Gasteiger partial charge >= 0.3 is 0 Å². The molecule has 112 valence electrons. The predicted molar refractivity (Wildman–Crippen MR) is 74.3 cm³/mol. The van der Waals surface area contributed by atoms with Crippen LogP contribution in [0, 0.1) is 10.1 Å². The summed E-state index contributed by atoms with van der Waals surface area (Å²) in [4.78, 5) is 10.3. The van der Waals surface area contributed by atoms with E-state index < -0.39 is 11.2 Å². The van der Waals surface area contributed by atoms with Crippen LogP contribution in [0.15, 0.2) is 36.4 Å². The lowest BCUT2D eigenvalue weighted by atomic mass is 10.1. The maximum atomic E-state index is 10.8. The van der Waals surface area contributed by atoms with E-state index in [0.717, 1.165) is 5.56 Å². The van der Waals surface area contributed by atoms with Crippen molar-refractivity contribution < 1.29 is 23.9 Å². The monoisotopic (exact) mass is 301 g/mol. The van der Waals surface area contributed by atoms with Gasteiger partial charge in [0.05, 0.1) is 24.2 Å². The Balaban J connectivity index is 1.66. The number of rotatable bonds is 2. The summed E-state index contributed by atoms with van der Waals surface area (Å²) in [6, 6.07) is 9.58. The predicted octanol–water partition coefficient (Wildman–Crippen LogP) is 3.54. The number of hydrogen-bond donors (Lipinski definition) is 0. The van der Waals surface area contributed by atoms with Crippen LogP contribution in [0.5, 0.6) is 23.0 Å². The summed E-state index contributed by atoms with van der Waals surface area (Å²) in [6.45, 7) is 1.12. The van der Waals surface area contributed by atoms with Crippen LogP contribution < -0.4 is 9.47 Å². The normalized spacial score (nSPS) is 16.4. The van der Waals surface area contributed by atoms with Gasteiger partial charge < -0.3 is 18.9 Å². The summed E-state index contributed by atoms with van der Waals surface area (Å²) in [6.07, 6.45) is -0.396. The van der Waals surface area contributed by atoms with Crippen molar-refractivity contribution in [2.45, 2.75) is 6.29 Å². The zero-order valence-electron chi connectivity index (χ0n) is 11.4. The molecule has 2 aromatic carbocycles. The molecular formula is C15H11NO6. The Bertz CT molecular complexity index is 754. The summed E-state index contributed by atoms with van der Waals surface area (Å²) in [5.41, 5.74) is 0.792. The molecule has 0 radical (unpaired) electrons. The molecule has 0 atom stereocenters. The number of nitro groups is 1. The molecule has 0 bridgehead atoms. The molecule has 7 heteroatoms. The van der Waals surface area contributed by atoms with Crippen molar-refractivity contribution in [1.82, 2.24) is 0 Å². The maximum Gasteiger partial charge on any atom is 0.273 e. The molecule has 1 fully saturated rings. The Morgan fingerprint density at radius 1 is 0.909 bits per heavy atom. The minimum Gasteiger partial charge on any atom is -0.449 e. The number of fused-ring (bicyclic) bond motifs is 2. The van der Waals surface area contributed by atoms with Gasteiger partial charge in [0.2, 0.25) is 0 Å². The first-order valence-electron chi connectivity index (χ1n) is 6.72. The highest BCUT2D eigenvalue weighted by Crippen LogP contribution is 2.47. The molecule has 0 spiro atoms. The third-order valence-corrected chi connectivity index (χ3v) is 3.44. The molecule has 2 heterocycles. The molecule has 22 heavy (non-hydrogen) atoms. The number of benzene rings is 2. The van der Waals surface area contributed by atoms with E-state index in [1.165, 1.54) is 18.2 Å². The minimum atomic E-state index is -0.475. The number of nitrogens with zero attached hydrogens (tertiary/aromatic N) is 1. The molecule has 2 aliphatic heterocycles. The minimum absolute atomic E-state index is 0.0461. The Morgan fingerprint density at radius 2 is 1.55 bits per heavy atom. The van der Waals surface area contributed by atoms with Gasteiger partial charge in [-0.15, -0.1) is 0 Å². The van der Waals surface area contributed by atoms with E-state index in [0.29, 0.717) is 36.2 Å². The fourth-order valence-electron chi connectivity index (χ4n) is 2.40. The van der Waals surface area contributed by atoms with E-state index in [1.807, 2.05) is 6.07 Å². The van der Waals surface area contributed by atoms with Gasteiger partial charge in [-0.3, -0.25) is 10.1 Å². The van der Waals surface area contributed by atoms with Gasteiger partial charge in [0.15, 0.2) is 29.3 Å². The molecule has 0 aromatic heterocycles. The lowest BCUT2D eigenvalue weighted by Crippen LogP contribution is -2.03. The fraction of sp³-hybridized carbons (Fsp3) is 0.200. The Labute approximate surface area is 125 Å². The van der Waals surface area contributed by atoms with Gasteiger partial charge in [0.1, 0.15) is 0 Å². The van der Waals surface area contributed by atoms with Gasteiger partial charge in [-0.25, -0.2) is 0 Å². The zero-order chi connectivity index (χ0) is 15.1. The average Bonchev–Trinajstić information content (AvgIpc) is 3.06. The summed E-state index contributed by atoms with van der Waals surface area (Å²) in [5.74, 6) is 1.78. The summed E-state index contributed by atoms with van der Waals surface area (Å²) >= 11 is 0. The van der Waals surface area contributed by atoms with E-state index in [9.17, 15) is 10.1 Å². The quantitative estimate of drug-likeness (QED) is 0.532. The highest BCUT2D eigenvalue weighted by Gasteiger charge is 2.25. The van der Waals surface area contributed by atoms with Crippen LogP contribution in [0.25, 0.3) is 0 Å². The number of non-ortho nitro benzene ring substituents is 1. The molecule has 0 unspecified atom stereocenters. The van der Waals surface area contributed by atoms with E-state index in [-0.39, 0.29) is 5.69 Å². The van der Waals surface area contributed by atoms with Crippen molar-refractivity contribution in [1.29, 1.82) is 0 Å². The highest BCUT2D eigenvalue weighted by atomic mass is 16.7. The molecule has 2 aromatic rings. The second kappa shape index (κ2) is 4.97. The van der Waals surface area contributed by atoms with Crippen molar-refractivity contribution >= 4 is 5.69 Å². The van der Waals surface area contributed by atoms with Crippen molar-refractivity contribution in [3.63, 3.8) is 0 Å². The Kier molecular flexibility index (Phi) is 2.95. The Morgan fingerprint density at radius 3 is 2.23 bits per heavy atom. The highest BCUT2D eigenvalue weighted by molar-refractivity contribution is 5.58. The zero-order valence-corrected chi connectivity index (χ0v) is 11.4. The van der Waals surface area contributed by atoms with Crippen LogP contribution in [0.4, 0.5) is 5.69 Å². The van der Waals surface area contributed by atoms with Crippen LogP contribution in [0.1, 0.15) is 11.9 Å². The summed E-state index contributed by atoms with van der Waals surface area (Å²) < 4.78 is 22.3. The van der Waals surface area contributed by atoms with Gasteiger partial charge in [0, 0.05) is 11.6 Å². The van der Waals surface area contributed by atoms with E-state index in [2.05, 4.69) is 0 Å². The first kappa shape index (κ1) is 13.1. The summed E-state index contributed by atoms with van der Waals surface area (Å²) in [5, 5.41) is 10.8. The van der Waals surface area contributed by atoms with Crippen LogP contribution >= 0.6 is 0 Å². The molecular weight excluding hydrogens is 290 g/mol. The van der Waals surface area contributed by atoms with Crippen molar-refractivity contribution in [3.05, 3.63) is 52.1 Å². The molecule has 7 nitrogen and oxygen atoms in total. The molecule has 0 aliphatic carbocycles. The first-order chi connectivity index (χ1) is 10.7. The van der Waals surface area contributed by atoms with E-state index >= 15 is 0 Å². The van der Waals surface area contributed by atoms with Gasteiger partial charge in [-0.05, 0) is 24.3 Å². The fourth-order valence-corrected chi connectivity index (χ4v) is 2.40. The second-order valence-electron chi connectivity index (χ2n) is 4.87. The topological polar surface area (TPSA) is 80.1 Å². The molecule has 4 rings (SSSR count). The third-order valence-electron chi connectivity index (χ3n) is 3.44. The summed E-state index contributed by atoms with van der Waals surface area (Å²) in [7, 11) is 0. The van der Waals surface area contributed by atoms with Crippen LogP contribution in [-0.2, 0) is 9.47 Å². The third kappa shape index (κ3) is 2.16. The van der Waals surface area contributed by atoms with Gasteiger partial charge in [-0.1, -0.05) is 0 Å². The Hall–Kier alpha value is -2.64. The number of nitro benzene ring substituents is 1. The molecule has 0 saturated carbocycles. The number of ether oxygens (including phenoxy) is 4. The second-order valence-corrected chi connectivity index (χ2v) is 4.87. The van der Waals surface area contributed by atoms with E-state index in [1.54, 1.807) is 12.1 Å². The standard InChI is InChI=1S/C15H11NO6/c17-16(18)10-2-4-12-14(8-10)22-11-3-1-9(7-13(11)21-12)15-19-5-6-20-15/h1-4,7-8,15H,5-6H2. The molecule has 1 saturated heterocycles.